The third kappa shape index (κ3) is 3.40. The van der Waals surface area contributed by atoms with Crippen LogP contribution in [0.1, 0.15) is 18.1 Å². The molecule has 0 fully saturated rings. The highest BCUT2D eigenvalue weighted by Crippen LogP contribution is 2.17. The quantitative estimate of drug-likeness (QED) is 0.867. The molecule has 0 aliphatic rings. The summed E-state index contributed by atoms with van der Waals surface area (Å²) in [6.07, 6.45) is 0. The van der Waals surface area contributed by atoms with Gasteiger partial charge in [-0.1, -0.05) is 33.6 Å². The molecule has 0 radical (unpaired) electrons. The van der Waals surface area contributed by atoms with Gasteiger partial charge in [0.25, 0.3) is 0 Å². The Morgan fingerprint density at radius 1 is 1.50 bits per heavy atom. The summed E-state index contributed by atoms with van der Waals surface area (Å²) in [5, 5.41) is 3.36. The molecular weight excluding hydrogens is 240 g/mol. The van der Waals surface area contributed by atoms with E-state index in [1.165, 1.54) is 11.1 Å². The SMILES string of the molecule is Cc1ccc(Br)c(CNC(C)CN)c1. The molecule has 0 spiro atoms. The van der Waals surface area contributed by atoms with Gasteiger partial charge in [0.15, 0.2) is 0 Å². The fraction of sp³-hybridized carbons (Fsp3) is 0.455. The summed E-state index contributed by atoms with van der Waals surface area (Å²) in [6, 6.07) is 6.72. The fourth-order valence-electron chi connectivity index (χ4n) is 1.21. The number of hydrogen-bond acceptors (Lipinski definition) is 2. The zero-order valence-corrected chi connectivity index (χ0v) is 10.3. The van der Waals surface area contributed by atoms with Crippen molar-refractivity contribution in [3.8, 4) is 0 Å². The first-order valence-corrected chi connectivity index (χ1v) is 5.61. The number of halogens is 1. The van der Waals surface area contributed by atoms with E-state index in [0.29, 0.717) is 12.6 Å². The number of nitrogens with one attached hydrogen (secondary N) is 1. The molecule has 1 unspecified atom stereocenters. The van der Waals surface area contributed by atoms with E-state index in [1.54, 1.807) is 0 Å². The average Bonchev–Trinajstić information content (AvgIpc) is 2.19. The number of rotatable bonds is 4. The Labute approximate surface area is 94.0 Å². The van der Waals surface area contributed by atoms with Crippen molar-refractivity contribution in [2.45, 2.75) is 26.4 Å². The first-order chi connectivity index (χ1) is 6.63. The molecule has 0 aliphatic heterocycles. The minimum Gasteiger partial charge on any atom is -0.329 e. The van der Waals surface area contributed by atoms with Crippen molar-refractivity contribution >= 4 is 15.9 Å². The Bertz CT molecular complexity index is 299. The molecule has 1 atom stereocenters. The summed E-state index contributed by atoms with van der Waals surface area (Å²) in [5.41, 5.74) is 8.10. The van der Waals surface area contributed by atoms with E-state index in [1.807, 2.05) is 0 Å². The Morgan fingerprint density at radius 3 is 2.86 bits per heavy atom. The van der Waals surface area contributed by atoms with Crippen molar-refractivity contribution < 1.29 is 0 Å². The molecule has 0 aliphatic carbocycles. The lowest BCUT2D eigenvalue weighted by molar-refractivity contribution is 0.555. The Kier molecular flexibility index (Phi) is 4.58. The molecule has 0 bridgehead atoms. The van der Waals surface area contributed by atoms with Gasteiger partial charge in [0.05, 0.1) is 0 Å². The third-order valence-corrected chi connectivity index (χ3v) is 2.97. The van der Waals surface area contributed by atoms with E-state index in [4.69, 9.17) is 5.73 Å². The van der Waals surface area contributed by atoms with Crippen molar-refractivity contribution in [2.24, 2.45) is 5.73 Å². The van der Waals surface area contributed by atoms with Crippen LogP contribution in [0.25, 0.3) is 0 Å². The summed E-state index contributed by atoms with van der Waals surface area (Å²) >= 11 is 3.53. The largest absolute Gasteiger partial charge is 0.329 e. The van der Waals surface area contributed by atoms with E-state index < -0.39 is 0 Å². The molecule has 1 aromatic carbocycles. The van der Waals surface area contributed by atoms with Gasteiger partial charge in [0.1, 0.15) is 0 Å². The van der Waals surface area contributed by atoms with Crippen LogP contribution in [0.5, 0.6) is 0 Å². The maximum Gasteiger partial charge on any atom is 0.0220 e. The molecule has 0 aromatic heterocycles. The second-order valence-electron chi connectivity index (χ2n) is 3.61. The maximum absolute atomic E-state index is 5.53. The minimum atomic E-state index is 0.363. The van der Waals surface area contributed by atoms with Crippen LogP contribution in [0.15, 0.2) is 22.7 Å². The van der Waals surface area contributed by atoms with E-state index in [-0.39, 0.29) is 0 Å². The molecule has 3 N–H and O–H groups in total. The lowest BCUT2D eigenvalue weighted by Crippen LogP contribution is -2.32. The summed E-state index contributed by atoms with van der Waals surface area (Å²) in [5.74, 6) is 0. The fourth-order valence-corrected chi connectivity index (χ4v) is 1.59. The molecule has 14 heavy (non-hydrogen) atoms. The highest BCUT2D eigenvalue weighted by Gasteiger charge is 2.02. The first-order valence-electron chi connectivity index (χ1n) is 4.82. The normalized spacial score (nSPS) is 12.9. The zero-order chi connectivity index (χ0) is 10.6. The van der Waals surface area contributed by atoms with Crippen LogP contribution in [-0.2, 0) is 6.54 Å². The first kappa shape index (κ1) is 11.7. The van der Waals surface area contributed by atoms with Crippen LogP contribution in [-0.4, -0.2) is 12.6 Å². The highest BCUT2D eigenvalue weighted by molar-refractivity contribution is 9.10. The number of aryl methyl sites for hydroxylation is 1. The van der Waals surface area contributed by atoms with Gasteiger partial charge in [0.2, 0.25) is 0 Å². The van der Waals surface area contributed by atoms with Crippen LogP contribution >= 0.6 is 15.9 Å². The van der Waals surface area contributed by atoms with E-state index >= 15 is 0 Å². The second kappa shape index (κ2) is 5.49. The number of benzene rings is 1. The molecular formula is C11H17BrN2. The summed E-state index contributed by atoms with van der Waals surface area (Å²) in [4.78, 5) is 0. The highest BCUT2D eigenvalue weighted by atomic mass is 79.9. The monoisotopic (exact) mass is 256 g/mol. The smallest absolute Gasteiger partial charge is 0.0220 e. The number of hydrogen-bond donors (Lipinski definition) is 2. The molecule has 1 rings (SSSR count). The van der Waals surface area contributed by atoms with Gasteiger partial charge in [-0.2, -0.15) is 0 Å². The topological polar surface area (TPSA) is 38.0 Å². The van der Waals surface area contributed by atoms with Crippen LogP contribution in [0, 0.1) is 6.92 Å². The van der Waals surface area contributed by atoms with Gasteiger partial charge in [-0.25, -0.2) is 0 Å². The minimum absolute atomic E-state index is 0.363. The Hall–Kier alpha value is -0.380. The molecule has 0 saturated carbocycles. The molecule has 3 heteroatoms. The lowest BCUT2D eigenvalue weighted by atomic mass is 10.1. The van der Waals surface area contributed by atoms with Gasteiger partial charge in [-0.3, -0.25) is 0 Å². The molecule has 78 valence electrons. The van der Waals surface area contributed by atoms with Crippen molar-refractivity contribution in [3.63, 3.8) is 0 Å². The van der Waals surface area contributed by atoms with Crippen molar-refractivity contribution in [3.05, 3.63) is 33.8 Å². The van der Waals surface area contributed by atoms with Gasteiger partial charge in [0, 0.05) is 23.6 Å². The van der Waals surface area contributed by atoms with E-state index in [9.17, 15) is 0 Å². The molecule has 0 amide bonds. The van der Waals surface area contributed by atoms with Crippen LogP contribution < -0.4 is 11.1 Å². The van der Waals surface area contributed by atoms with E-state index in [0.717, 1.165) is 11.0 Å². The zero-order valence-electron chi connectivity index (χ0n) is 8.68. The maximum atomic E-state index is 5.53. The second-order valence-corrected chi connectivity index (χ2v) is 4.47. The standard InChI is InChI=1S/C11H17BrN2/c1-8-3-4-11(12)10(5-8)7-14-9(2)6-13/h3-5,9,14H,6-7,13H2,1-2H3. The lowest BCUT2D eigenvalue weighted by Gasteiger charge is -2.12. The van der Waals surface area contributed by atoms with Crippen molar-refractivity contribution in [1.82, 2.24) is 5.32 Å². The van der Waals surface area contributed by atoms with Gasteiger partial charge < -0.3 is 11.1 Å². The Morgan fingerprint density at radius 2 is 2.21 bits per heavy atom. The van der Waals surface area contributed by atoms with Gasteiger partial charge >= 0.3 is 0 Å². The molecule has 1 aromatic rings. The van der Waals surface area contributed by atoms with Crippen molar-refractivity contribution in [1.29, 1.82) is 0 Å². The van der Waals surface area contributed by atoms with Crippen LogP contribution in [0.4, 0.5) is 0 Å². The molecule has 0 heterocycles. The third-order valence-electron chi connectivity index (χ3n) is 2.20. The number of nitrogens with two attached hydrogens (primary N) is 1. The summed E-state index contributed by atoms with van der Waals surface area (Å²) in [6.45, 7) is 5.72. The predicted octanol–water partition coefficient (Wildman–Crippen LogP) is 2.19. The summed E-state index contributed by atoms with van der Waals surface area (Å²) in [7, 11) is 0. The van der Waals surface area contributed by atoms with Crippen LogP contribution in [0.2, 0.25) is 0 Å². The average molecular weight is 257 g/mol. The predicted molar refractivity (Wildman–Crippen MR) is 64.2 cm³/mol. The van der Waals surface area contributed by atoms with Gasteiger partial charge in [-0.05, 0) is 25.5 Å². The van der Waals surface area contributed by atoms with Crippen LogP contribution in [0.3, 0.4) is 0 Å². The van der Waals surface area contributed by atoms with Gasteiger partial charge in [-0.15, -0.1) is 0 Å². The molecule has 2 nitrogen and oxygen atoms in total. The van der Waals surface area contributed by atoms with Crippen molar-refractivity contribution in [2.75, 3.05) is 6.54 Å². The van der Waals surface area contributed by atoms with E-state index in [2.05, 4.69) is 53.3 Å². The summed E-state index contributed by atoms with van der Waals surface area (Å²) < 4.78 is 1.15. The Balaban J connectivity index is 2.62. The molecule has 0 saturated heterocycles.